The summed E-state index contributed by atoms with van der Waals surface area (Å²) in [5.74, 6) is -0.105. The number of rotatable bonds is 12. The van der Waals surface area contributed by atoms with Gasteiger partial charge in [-0.1, -0.05) is 75.2 Å². The largest absolute Gasteiger partial charge is 0.390 e. The molecule has 2 aromatic rings. The predicted octanol–water partition coefficient (Wildman–Crippen LogP) is 5.55. The predicted molar refractivity (Wildman–Crippen MR) is 140 cm³/mol. The van der Waals surface area contributed by atoms with Crippen molar-refractivity contribution in [2.24, 2.45) is 4.99 Å². The van der Waals surface area contributed by atoms with Crippen molar-refractivity contribution in [3.05, 3.63) is 71.1 Å². The molecular formula is C27H35N3O2S. The molecule has 6 heteroatoms. The molecule has 1 aliphatic rings. The number of nitrogens with zero attached hydrogens (tertiary/aromatic N) is 3. The average Bonchev–Trinajstić information content (AvgIpc) is 3.10. The van der Waals surface area contributed by atoms with Crippen molar-refractivity contribution < 1.29 is 9.90 Å². The standard InChI is InChI=1S/C27H35N3O2S/c1-3-5-17-29(18-6-4-2)20-24(31)21-30-26(32)25(19-22-13-9-7-10-14-22)33-27(30)28-23-15-11-8-12-16-23/h7-16,19,24,31H,3-6,17-18,20-21H2,1-2H3/b25-19+,28-27?. The van der Waals surface area contributed by atoms with E-state index in [-0.39, 0.29) is 12.5 Å². The Bertz CT molecular complexity index is 923. The van der Waals surface area contributed by atoms with Gasteiger partial charge in [-0.2, -0.15) is 0 Å². The zero-order valence-electron chi connectivity index (χ0n) is 19.7. The van der Waals surface area contributed by atoms with Gasteiger partial charge in [0.2, 0.25) is 0 Å². The molecule has 1 atom stereocenters. The number of carbonyl (C=O) groups is 1. The first kappa shape index (κ1) is 25.2. The molecule has 1 saturated heterocycles. The number of para-hydroxylation sites is 1. The number of β-amino-alcohol motifs (C(OH)–C–C–N with tert-alkyl or cyclic N) is 1. The molecule has 176 valence electrons. The Morgan fingerprint density at radius 3 is 2.21 bits per heavy atom. The van der Waals surface area contributed by atoms with E-state index in [1.807, 2.05) is 66.7 Å². The molecule has 1 N–H and O–H groups in total. The van der Waals surface area contributed by atoms with Gasteiger partial charge in [0.25, 0.3) is 5.91 Å². The van der Waals surface area contributed by atoms with E-state index in [1.165, 1.54) is 11.8 Å². The van der Waals surface area contributed by atoms with E-state index in [0.717, 1.165) is 50.0 Å². The van der Waals surface area contributed by atoms with Crippen molar-refractivity contribution in [3.63, 3.8) is 0 Å². The highest BCUT2D eigenvalue weighted by Gasteiger charge is 2.35. The second-order valence-corrected chi connectivity index (χ2v) is 9.34. The highest BCUT2D eigenvalue weighted by molar-refractivity contribution is 8.18. The first-order valence-electron chi connectivity index (χ1n) is 11.9. The Balaban J connectivity index is 1.79. The van der Waals surface area contributed by atoms with Gasteiger partial charge in [-0.3, -0.25) is 9.69 Å². The second kappa shape index (κ2) is 13.3. The van der Waals surface area contributed by atoms with Crippen LogP contribution >= 0.6 is 11.8 Å². The lowest BCUT2D eigenvalue weighted by atomic mass is 10.2. The third kappa shape index (κ3) is 7.84. The number of amides is 1. The summed E-state index contributed by atoms with van der Waals surface area (Å²) in [7, 11) is 0. The van der Waals surface area contributed by atoms with Crippen LogP contribution in [0.2, 0.25) is 0 Å². The zero-order chi connectivity index (χ0) is 23.5. The number of unbranched alkanes of at least 4 members (excludes halogenated alkanes) is 2. The monoisotopic (exact) mass is 465 g/mol. The fourth-order valence-corrected chi connectivity index (χ4v) is 4.70. The number of thioether (sulfide) groups is 1. The summed E-state index contributed by atoms with van der Waals surface area (Å²) in [5, 5.41) is 11.5. The molecule has 3 rings (SSSR count). The van der Waals surface area contributed by atoms with Gasteiger partial charge in [-0.25, -0.2) is 4.99 Å². The van der Waals surface area contributed by atoms with Gasteiger partial charge in [0.15, 0.2) is 5.17 Å². The van der Waals surface area contributed by atoms with E-state index < -0.39 is 6.10 Å². The van der Waals surface area contributed by atoms with E-state index in [0.29, 0.717) is 16.6 Å². The molecule has 33 heavy (non-hydrogen) atoms. The highest BCUT2D eigenvalue weighted by atomic mass is 32.2. The van der Waals surface area contributed by atoms with Crippen molar-refractivity contribution in [1.82, 2.24) is 9.80 Å². The topological polar surface area (TPSA) is 56.1 Å². The Kier molecular flexibility index (Phi) is 10.2. The molecule has 1 fully saturated rings. The van der Waals surface area contributed by atoms with Crippen LogP contribution in [0, 0.1) is 0 Å². The molecule has 1 amide bonds. The van der Waals surface area contributed by atoms with Crippen LogP contribution in [0.25, 0.3) is 6.08 Å². The lowest BCUT2D eigenvalue weighted by molar-refractivity contribution is -0.123. The molecule has 0 saturated carbocycles. The molecule has 0 bridgehead atoms. The quantitative estimate of drug-likeness (QED) is 0.417. The van der Waals surface area contributed by atoms with Crippen LogP contribution in [0.1, 0.15) is 45.1 Å². The average molecular weight is 466 g/mol. The number of carbonyl (C=O) groups excluding carboxylic acids is 1. The van der Waals surface area contributed by atoms with Gasteiger partial charge in [-0.05, 0) is 61.5 Å². The van der Waals surface area contributed by atoms with Crippen LogP contribution < -0.4 is 0 Å². The van der Waals surface area contributed by atoms with Crippen molar-refractivity contribution in [3.8, 4) is 0 Å². The van der Waals surface area contributed by atoms with Crippen LogP contribution in [0.3, 0.4) is 0 Å². The first-order valence-corrected chi connectivity index (χ1v) is 12.7. The number of amidine groups is 1. The second-order valence-electron chi connectivity index (χ2n) is 8.33. The minimum absolute atomic E-state index is 0.105. The highest BCUT2D eigenvalue weighted by Crippen LogP contribution is 2.34. The van der Waals surface area contributed by atoms with Crippen LogP contribution in [0.15, 0.2) is 70.6 Å². The van der Waals surface area contributed by atoms with Gasteiger partial charge in [-0.15, -0.1) is 0 Å². The summed E-state index contributed by atoms with van der Waals surface area (Å²) in [5.41, 5.74) is 1.76. The first-order chi connectivity index (χ1) is 16.1. The Morgan fingerprint density at radius 2 is 1.61 bits per heavy atom. The summed E-state index contributed by atoms with van der Waals surface area (Å²) in [4.78, 5) is 22.6. The van der Waals surface area contributed by atoms with Gasteiger partial charge in [0, 0.05) is 6.54 Å². The van der Waals surface area contributed by atoms with Gasteiger partial charge in [0.1, 0.15) is 0 Å². The van der Waals surface area contributed by atoms with Crippen molar-refractivity contribution in [2.45, 2.75) is 45.6 Å². The maximum Gasteiger partial charge on any atom is 0.266 e. The number of aliphatic hydroxyl groups is 1. The third-order valence-corrected chi connectivity index (χ3v) is 6.49. The number of hydrogen-bond acceptors (Lipinski definition) is 5. The summed E-state index contributed by atoms with van der Waals surface area (Å²) < 4.78 is 0. The maximum absolute atomic E-state index is 13.3. The number of benzene rings is 2. The Hall–Kier alpha value is -2.41. The van der Waals surface area contributed by atoms with E-state index >= 15 is 0 Å². The maximum atomic E-state index is 13.3. The number of aliphatic imine (C=N–C) groups is 1. The molecular weight excluding hydrogens is 430 g/mol. The lowest BCUT2D eigenvalue weighted by Gasteiger charge is -2.27. The van der Waals surface area contributed by atoms with Crippen molar-refractivity contribution in [1.29, 1.82) is 0 Å². The molecule has 1 unspecified atom stereocenters. The van der Waals surface area contributed by atoms with Crippen LogP contribution in [-0.2, 0) is 4.79 Å². The molecule has 5 nitrogen and oxygen atoms in total. The molecule has 0 aromatic heterocycles. The van der Waals surface area contributed by atoms with Gasteiger partial charge in [0.05, 0.1) is 23.2 Å². The zero-order valence-corrected chi connectivity index (χ0v) is 20.5. The molecule has 1 aliphatic heterocycles. The minimum atomic E-state index is -0.639. The fourth-order valence-electron chi connectivity index (χ4n) is 3.69. The van der Waals surface area contributed by atoms with E-state index in [2.05, 4.69) is 18.7 Å². The van der Waals surface area contributed by atoms with Crippen molar-refractivity contribution >= 4 is 34.6 Å². The molecule has 1 heterocycles. The molecule has 2 aromatic carbocycles. The van der Waals surface area contributed by atoms with E-state index in [9.17, 15) is 9.90 Å². The van der Waals surface area contributed by atoms with Crippen molar-refractivity contribution in [2.75, 3.05) is 26.2 Å². The van der Waals surface area contributed by atoms with Gasteiger partial charge >= 0.3 is 0 Å². The third-order valence-electron chi connectivity index (χ3n) is 5.48. The Morgan fingerprint density at radius 1 is 1.00 bits per heavy atom. The molecule has 0 aliphatic carbocycles. The van der Waals surface area contributed by atoms with E-state index in [1.54, 1.807) is 4.90 Å². The summed E-state index contributed by atoms with van der Waals surface area (Å²) in [6.45, 7) is 7.10. The number of aliphatic hydroxyl groups excluding tert-OH is 1. The summed E-state index contributed by atoms with van der Waals surface area (Å²) >= 11 is 1.37. The SMILES string of the molecule is CCCCN(CCCC)CC(O)CN1C(=O)/C(=C\c2ccccc2)SC1=Nc1ccccc1. The number of hydrogen-bond donors (Lipinski definition) is 1. The normalized spacial score (nSPS) is 17.5. The Labute approximate surface area is 202 Å². The molecule has 0 spiro atoms. The van der Waals surface area contributed by atoms with Gasteiger partial charge < -0.3 is 10.0 Å². The minimum Gasteiger partial charge on any atom is -0.390 e. The van der Waals surface area contributed by atoms with E-state index in [4.69, 9.17) is 4.99 Å². The molecule has 0 radical (unpaired) electrons. The smallest absolute Gasteiger partial charge is 0.266 e. The summed E-state index contributed by atoms with van der Waals surface area (Å²) in [6.07, 6.45) is 5.73. The fraction of sp³-hybridized carbons (Fsp3) is 0.407. The lowest BCUT2D eigenvalue weighted by Crippen LogP contribution is -2.42. The van der Waals surface area contributed by atoms with Crippen LogP contribution in [-0.4, -0.2) is 58.3 Å². The van der Waals surface area contributed by atoms with Crippen LogP contribution in [0.5, 0.6) is 0 Å². The summed E-state index contributed by atoms with van der Waals surface area (Å²) in [6, 6.07) is 19.5. The van der Waals surface area contributed by atoms with Crippen LogP contribution in [0.4, 0.5) is 5.69 Å².